The highest BCUT2D eigenvalue weighted by atomic mass is 32.2. The van der Waals surface area contributed by atoms with Gasteiger partial charge in [0.15, 0.2) is 9.84 Å². The lowest BCUT2D eigenvalue weighted by Gasteiger charge is -2.05. The summed E-state index contributed by atoms with van der Waals surface area (Å²) in [6, 6.07) is 6.55. The minimum atomic E-state index is -3.60. The number of primary amides is 1. The zero-order valence-electron chi connectivity index (χ0n) is 12.5. The van der Waals surface area contributed by atoms with Crippen molar-refractivity contribution in [1.29, 1.82) is 0 Å². The van der Waals surface area contributed by atoms with E-state index in [1.807, 2.05) is 6.07 Å². The molecule has 1 amide bonds. The van der Waals surface area contributed by atoms with Gasteiger partial charge < -0.3 is 5.73 Å². The lowest BCUT2D eigenvalue weighted by molar-refractivity contribution is 0.0992. The van der Waals surface area contributed by atoms with Crippen molar-refractivity contribution in [3.8, 4) is 21.1 Å². The van der Waals surface area contributed by atoms with E-state index in [4.69, 9.17) is 5.73 Å². The van der Waals surface area contributed by atoms with Crippen LogP contribution < -0.4 is 5.73 Å². The summed E-state index contributed by atoms with van der Waals surface area (Å²) >= 11 is 1.36. The number of nitrogens with two attached hydrogens (primary N) is 1. The van der Waals surface area contributed by atoms with Gasteiger partial charge in [-0.3, -0.25) is 9.78 Å². The minimum absolute atomic E-state index is 0.184. The summed E-state index contributed by atoms with van der Waals surface area (Å²) in [7, 11) is -3.60. The number of amides is 1. The molecule has 0 spiro atoms. The molecule has 0 aliphatic heterocycles. The van der Waals surface area contributed by atoms with Gasteiger partial charge in [0.2, 0.25) is 0 Å². The maximum atomic E-state index is 11.7. The normalized spacial score (nSPS) is 11.4. The highest BCUT2D eigenvalue weighted by molar-refractivity contribution is 7.90. The largest absolute Gasteiger partial charge is 0.364 e. The lowest BCUT2D eigenvalue weighted by Crippen LogP contribution is -2.18. The number of nitrogens with zero attached hydrogens (tertiary/aromatic N) is 3. The van der Waals surface area contributed by atoms with Crippen molar-refractivity contribution in [3.63, 3.8) is 0 Å². The quantitative estimate of drug-likeness (QED) is 0.758. The van der Waals surface area contributed by atoms with Gasteiger partial charge in [0.1, 0.15) is 10.7 Å². The molecule has 7 nitrogen and oxygen atoms in total. The van der Waals surface area contributed by atoms with Crippen molar-refractivity contribution in [1.82, 2.24) is 15.0 Å². The number of carbonyl (C=O) groups excluding carboxylic acids is 1. The summed E-state index contributed by atoms with van der Waals surface area (Å²) in [6.45, 7) is 0. The monoisotopic (exact) mass is 360 g/mol. The number of rotatable bonds is 4. The van der Waals surface area contributed by atoms with Crippen molar-refractivity contribution in [2.24, 2.45) is 5.73 Å². The van der Waals surface area contributed by atoms with Crippen molar-refractivity contribution < 1.29 is 13.2 Å². The summed E-state index contributed by atoms with van der Waals surface area (Å²) < 4.78 is 23.5. The lowest BCUT2D eigenvalue weighted by atomic mass is 10.2. The topological polar surface area (TPSA) is 116 Å². The fourth-order valence-corrected chi connectivity index (χ4v) is 3.76. The van der Waals surface area contributed by atoms with Gasteiger partial charge in [-0.05, 0) is 24.3 Å². The van der Waals surface area contributed by atoms with E-state index in [-0.39, 0.29) is 10.6 Å². The maximum absolute atomic E-state index is 11.7. The van der Waals surface area contributed by atoms with E-state index in [1.54, 1.807) is 24.7 Å². The van der Waals surface area contributed by atoms with Crippen LogP contribution in [0.1, 0.15) is 10.5 Å². The SMILES string of the molecule is CS(=O)(=O)c1ccc(-c2cnc(-c3cccnc3)s2)nc1C(N)=O. The molecule has 0 atom stereocenters. The van der Waals surface area contributed by atoms with Gasteiger partial charge in [0.05, 0.1) is 15.5 Å². The molecule has 24 heavy (non-hydrogen) atoms. The van der Waals surface area contributed by atoms with Crippen LogP contribution in [0.25, 0.3) is 21.1 Å². The fourth-order valence-electron chi connectivity index (χ4n) is 2.07. The van der Waals surface area contributed by atoms with Crippen LogP contribution in [0.5, 0.6) is 0 Å². The molecule has 9 heteroatoms. The Bertz CT molecular complexity index is 1010. The number of thiazole rings is 1. The standard InChI is InChI=1S/C15H12N4O3S2/c1-24(21,22)12-5-4-10(19-13(12)14(16)20)11-8-18-15(23-11)9-3-2-6-17-7-9/h2-8H,1H3,(H2,16,20). The number of aromatic nitrogens is 3. The molecule has 2 N–H and O–H groups in total. The Hall–Kier alpha value is -2.65. The van der Waals surface area contributed by atoms with Crippen LogP contribution in [0.15, 0.2) is 47.8 Å². The Balaban J connectivity index is 2.07. The molecule has 0 radical (unpaired) electrons. The van der Waals surface area contributed by atoms with Crippen LogP contribution >= 0.6 is 11.3 Å². The summed E-state index contributed by atoms with van der Waals surface area (Å²) in [5, 5.41) is 0.743. The van der Waals surface area contributed by atoms with E-state index in [1.165, 1.54) is 23.5 Å². The van der Waals surface area contributed by atoms with Gasteiger partial charge in [0, 0.05) is 30.4 Å². The first-order chi connectivity index (χ1) is 11.4. The summed E-state index contributed by atoms with van der Waals surface area (Å²) in [5.41, 5.74) is 6.29. The van der Waals surface area contributed by atoms with Crippen molar-refractivity contribution >= 4 is 27.1 Å². The van der Waals surface area contributed by atoms with E-state index in [0.29, 0.717) is 10.6 Å². The molecule has 3 aromatic heterocycles. The van der Waals surface area contributed by atoms with Crippen molar-refractivity contribution in [3.05, 3.63) is 48.5 Å². The highest BCUT2D eigenvalue weighted by Crippen LogP contribution is 2.31. The maximum Gasteiger partial charge on any atom is 0.268 e. The summed E-state index contributed by atoms with van der Waals surface area (Å²) in [4.78, 5) is 24.5. The number of pyridine rings is 2. The third-order valence-electron chi connectivity index (χ3n) is 3.16. The molecule has 3 aromatic rings. The smallest absolute Gasteiger partial charge is 0.268 e. The minimum Gasteiger partial charge on any atom is -0.364 e. The molecular formula is C15H12N4O3S2. The molecule has 0 bridgehead atoms. The molecule has 0 aliphatic rings. The Morgan fingerprint density at radius 1 is 1.21 bits per heavy atom. The van der Waals surface area contributed by atoms with Crippen LogP contribution in [0, 0.1) is 0 Å². The Morgan fingerprint density at radius 3 is 2.62 bits per heavy atom. The second-order valence-corrected chi connectivity index (χ2v) is 7.97. The molecule has 0 saturated heterocycles. The van der Waals surface area contributed by atoms with Gasteiger partial charge in [-0.1, -0.05) is 0 Å². The molecule has 3 heterocycles. The number of hydrogen-bond donors (Lipinski definition) is 1. The van der Waals surface area contributed by atoms with E-state index in [9.17, 15) is 13.2 Å². The highest BCUT2D eigenvalue weighted by Gasteiger charge is 2.20. The summed E-state index contributed by atoms with van der Waals surface area (Å²) in [5.74, 6) is -0.894. The van der Waals surface area contributed by atoms with E-state index < -0.39 is 15.7 Å². The van der Waals surface area contributed by atoms with Gasteiger partial charge in [0.25, 0.3) is 5.91 Å². The third kappa shape index (κ3) is 3.17. The van der Waals surface area contributed by atoms with E-state index >= 15 is 0 Å². The number of sulfone groups is 1. The molecule has 0 fully saturated rings. The number of hydrogen-bond acceptors (Lipinski definition) is 7. The molecule has 0 aromatic carbocycles. The second kappa shape index (κ2) is 6.10. The van der Waals surface area contributed by atoms with Crippen LogP contribution in [0.4, 0.5) is 0 Å². The average molecular weight is 360 g/mol. The zero-order valence-corrected chi connectivity index (χ0v) is 14.1. The summed E-state index contributed by atoms with van der Waals surface area (Å²) in [6.07, 6.45) is 5.98. The van der Waals surface area contributed by atoms with Gasteiger partial charge in [-0.25, -0.2) is 18.4 Å². The van der Waals surface area contributed by atoms with Crippen LogP contribution in [0.3, 0.4) is 0 Å². The molecular weight excluding hydrogens is 348 g/mol. The van der Waals surface area contributed by atoms with E-state index in [2.05, 4.69) is 15.0 Å². The van der Waals surface area contributed by atoms with E-state index in [0.717, 1.165) is 16.8 Å². The fraction of sp³-hybridized carbons (Fsp3) is 0.0667. The molecule has 0 unspecified atom stereocenters. The molecule has 3 rings (SSSR count). The first kappa shape index (κ1) is 16.2. The van der Waals surface area contributed by atoms with Gasteiger partial charge >= 0.3 is 0 Å². The molecule has 0 aliphatic carbocycles. The Labute approximate surface area is 142 Å². The second-order valence-electron chi connectivity index (χ2n) is 4.95. The van der Waals surface area contributed by atoms with Crippen LogP contribution in [-0.2, 0) is 9.84 Å². The van der Waals surface area contributed by atoms with Gasteiger partial charge in [-0.15, -0.1) is 11.3 Å². The first-order valence-corrected chi connectivity index (χ1v) is 9.44. The first-order valence-electron chi connectivity index (χ1n) is 6.74. The van der Waals surface area contributed by atoms with Crippen molar-refractivity contribution in [2.75, 3.05) is 6.26 Å². The number of carbonyl (C=O) groups is 1. The van der Waals surface area contributed by atoms with Gasteiger partial charge in [-0.2, -0.15) is 0 Å². The van der Waals surface area contributed by atoms with Crippen LogP contribution in [0.2, 0.25) is 0 Å². The Kier molecular flexibility index (Phi) is 4.12. The molecule has 0 saturated carbocycles. The third-order valence-corrected chi connectivity index (χ3v) is 5.36. The van der Waals surface area contributed by atoms with Crippen molar-refractivity contribution in [2.45, 2.75) is 4.90 Å². The average Bonchev–Trinajstić information content (AvgIpc) is 3.04. The molecule has 122 valence electrons. The van der Waals surface area contributed by atoms with Crippen LogP contribution in [-0.4, -0.2) is 35.5 Å². The predicted octanol–water partition coefficient (Wildman–Crippen LogP) is 1.77. The zero-order chi connectivity index (χ0) is 17.3. The predicted molar refractivity (Wildman–Crippen MR) is 90.2 cm³/mol. The Morgan fingerprint density at radius 2 is 2.00 bits per heavy atom.